The molecule has 0 atom stereocenters. The summed E-state index contributed by atoms with van der Waals surface area (Å²) >= 11 is 0. The third kappa shape index (κ3) is 5.49. The van der Waals surface area contributed by atoms with Crippen molar-refractivity contribution in [2.75, 3.05) is 31.1 Å². The Kier molecular flexibility index (Phi) is 7.29. The lowest BCUT2D eigenvalue weighted by atomic mass is 9.86. The van der Waals surface area contributed by atoms with Crippen LogP contribution < -0.4 is 10.2 Å². The van der Waals surface area contributed by atoms with E-state index in [0.29, 0.717) is 44.2 Å². The van der Waals surface area contributed by atoms with Gasteiger partial charge in [-0.15, -0.1) is 0 Å². The predicted molar refractivity (Wildman–Crippen MR) is 116 cm³/mol. The molecule has 1 aromatic carbocycles. The van der Waals surface area contributed by atoms with Crippen molar-refractivity contribution >= 4 is 23.2 Å². The van der Waals surface area contributed by atoms with Crippen LogP contribution in [0.3, 0.4) is 0 Å². The molecule has 8 nitrogen and oxygen atoms in total. The van der Waals surface area contributed by atoms with Crippen LogP contribution in [0.25, 0.3) is 0 Å². The highest BCUT2D eigenvalue weighted by Gasteiger charge is 2.28. The highest BCUT2D eigenvalue weighted by molar-refractivity contribution is 5.96. The van der Waals surface area contributed by atoms with Crippen molar-refractivity contribution in [3.8, 4) is 0 Å². The van der Waals surface area contributed by atoms with E-state index in [-0.39, 0.29) is 29.1 Å². The van der Waals surface area contributed by atoms with E-state index in [2.05, 4.69) is 5.32 Å². The van der Waals surface area contributed by atoms with Crippen LogP contribution >= 0.6 is 0 Å². The number of anilines is 1. The first kappa shape index (κ1) is 22.1. The molecule has 0 bridgehead atoms. The average molecular weight is 417 g/mol. The Labute approximate surface area is 177 Å². The van der Waals surface area contributed by atoms with Crippen molar-refractivity contribution in [3.05, 3.63) is 33.9 Å². The smallest absolute Gasteiger partial charge is 0.293 e. The lowest BCUT2D eigenvalue weighted by molar-refractivity contribution is -0.384. The molecule has 2 aliphatic rings. The number of carbonyl (C=O) groups is 2. The number of hydrogen-bond donors (Lipinski definition) is 1. The number of piperazine rings is 1. The van der Waals surface area contributed by atoms with E-state index in [1.54, 1.807) is 12.1 Å². The molecule has 164 valence electrons. The number of nitrogens with one attached hydrogen (secondary N) is 1. The Balaban J connectivity index is 1.63. The largest absolute Gasteiger partial charge is 0.362 e. The normalized spacial score (nSPS) is 17.8. The van der Waals surface area contributed by atoms with Gasteiger partial charge in [-0.25, -0.2) is 0 Å². The molecule has 1 aromatic rings. The van der Waals surface area contributed by atoms with Crippen molar-refractivity contribution < 1.29 is 14.5 Å². The van der Waals surface area contributed by atoms with Crippen LogP contribution in [-0.2, 0) is 4.79 Å². The molecule has 1 heterocycles. The fourth-order valence-corrected chi connectivity index (χ4v) is 4.39. The van der Waals surface area contributed by atoms with E-state index in [1.807, 2.05) is 23.6 Å². The van der Waals surface area contributed by atoms with Gasteiger partial charge >= 0.3 is 0 Å². The van der Waals surface area contributed by atoms with E-state index < -0.39 is 4.92 Å². The van der Waals surface area contributed by atoms with E-state index in [1.165, 1.54) is 25.3 Å². The maximum absolute atomic E-state index is 12.6. The van der Waals surface area contributed by atoms with Crippen LogP contribution in [0.2, 0.25) is 0 Å². The fraction of sp³-hybridized carbons (Fsp3) is 0.636. The molecule has 1 aliphatic heterocycles. The molecule has 8 heteroatoms. The summed E-state index contributed by atoms with van der Waals surface area (Å²) in [6, 6.07) is 4.57. The molecule has 0 aromatic heterocycles. The number of nitro benzene ring substituents is 1. The first-order valence-electron chi connectivity index (χ1n) is 11.0. The van der Waals surface area contributed by atoms with Gasteiger partial charge in [0.25, 0.3) is 11.6 Å². The summed E-state index contributed by atoms with van der Waals surface area (Å²) in [4.78, 5) is 39.9. The van der Waals surface area contributed by atoms with Crippen LogP contribution in [0.1, 0.15) is 62.7 Å². The molecular weight excluding hydrogens is 384 g/mol. The number of hydrogen-bond acceptors (Lipinski definition) is 5. The van der Waals surface area contributed by atoms with Crippen LogP contribution in [0.5, 0.6) is 0 Å². The van der Waals surface area contributed by atoms with Gasteiger partial charge in [0.1, 0.15) is 5.69 Å². The van der Waals surface area contributed by atoms with Crippen molar-refractivity contribution in [1.82, 2.24) is 10.2 Å². The number of benzene rings is 1. The molecule has 1 aliphatic carbocycles. The monoisotopic (exact) mass is 416 g/mol. The van der Waals surface area contributed by atoms with Gasteiger partial charge in [0.2, 0.25) is 5.91 Å². The quantitative estimate of drug-likeness (QED) is 0.567. The first-order valence-corrected chi connectivity index (χ1v) is 11.0. The predicted octanol–water partition coefficient (Wildman–Crippen LogP) is 3.35. The van der Waals surface area contributed by atoms with Gasteiger partial charge in [-0.2, -0.15) is 0 Å². The number of amides is 2. The average Bonchev–Trinajstić information content (AvgIpc) is 2.73. The van der Waals surface area contributed by atoms with Gasteiger partial charge in [0.05, 0.1) is 4.92 Å². The van der Waals surface area contributed by atoms with E-state index in [4.69, 9.17) is 0 Å². The SMILES string of the molecule is CC(C)NC(=O)c1ccc(N2CCN(C(=O)CC3CCCCC3)CC2)c([N+](=O)[O-])c1. The third-order valence-corrected chi connectivity index (χ3v) is 6.02. The second kappa shape index (κ2) is 9.91. The van der Waals surface area contributed by atoms with Gasteiger partial charge in [-0.1, -0.05) is 19.3 Å². The van der Waals surface area contributed by atoms with Crippen LogP contribution in [0, 0.1) is 16.0 Å². The molecule has 0 spiro atoms. The zero-order valence-electron chi connectivity index (χ0n) is 17.9. The topological polar surface area (TPSA) is 95.8 Å². The summed E-state index contributed by atoms with van der Waals surface area (Å²) in [7, 11) is 0. The maximum Gasteiger partial charge on any atom is 0.293 e. The van der Waals surface area contributed by atoms with Crippen LogP contribution in [-0.4, -0.2) is 53.9 Å². The number of nitro groups is 1. The minimum absolute atomic E-state index is 0.0459. The van der Waals surface area contributed by atoms with E-state index >= 15 is 0 Å². The van der Waals surface area contributed by atoms with E-state index in [9.17, 15) is 19.7 Å². The summed E-state index contributed by atoms with van der Waals surface area (Å²) in [6.45, 7) is 5.92. The molecule has 3 rings (SSSR count). The fourth-order valence-electron chi connectivity index (χ4n) is 4.39. The Morgan fingerprint density at radius 1 is 1.13 bits per heavy atom. The molecule has 30 heavy (non-hydrogen) atoms. The van der Waals surface area contributed by atoms with Gasteiger partial charge in [0.15, 0.2) is 0 Å². The molecular formula is C22H32N4O4. The second-order valence-electron chi connectivity index (χ2n) is 8.66. The lowest BCUT2D eigenvalue weighted by Crippen LogP contribution is -2.49. The van der Waals surface area contributed by atoms with Crippen molar-refractivity contribution in [2.45, 2.75) is 58.4 Å². The van der Waals surface area contributed by atoms with Crippen molar-refractivity contribution in [2.24, 2.45) is 5.92 Å². The minimum atomic E-state index is -0.442. The summed E-state index contributed by atoms with van der Waals surface area (Å²) in [6.07, 6.45) is 6.64. The number of nitrogens with zero attached hydrogens (tertiary/aromatic N) is 3. The summed E-state index contributed by atoms with van der Waals surface area (Å²) in [5.41, 5.74) is 0.703. The molecule has 0 radical (unpaired) electrons. The van der Waals surface area contributed by atoms with Gasteiger partial charge < -0.3 is 15.1 Å². The number of carbonyl (C=O) groups excluding carboxylic acids is 2. The van der Waals surface area contributed by atoms with Crippen molar-refractivity contribution in [1.29, 1.82) is 0 Å². The number of rotatable bonds is 6. The van der Waals surface area contributed by atoms with Crippen molar-refractivity contribution in [3.63, 3.8) is 0 Å². The first-order chi connectivity index (χ1) is 14.3. The Morgan fingerprint density at radius 2 is 1.80 bits per heavy atom. The molecule has 1 N–H and O–H groups in total. The molecule has 0 unspecified atom stereocenters. The second-order valence-corrected chi connectivity index (χ2v) is 8.66. The highest BCUT2D eigenvalue weighted by Crippen LogP contribution is 2.31. The molecule has 2 amide bonds. The van der Waals surface area contributed by atoms with Gasteiger partial charge in [-0.3, -0.25) is 19.7 Å². The zero-order chi connectivity index (χ0) is 21.7. The lowest BCUT2D eigenvalue weighted by Gasteiger charge is -2.36. The zero-order valence-corrected chi connectivity index (χ0v) is 17.9. The third-order valence-electron chi connectivity index (χ3n) is 6.02. The van der Waals surface area contributed by atoms with Gasteiger partial charge in [0, 0.05) is 50.3 Å². The molecule has 1 saturated carbocycles. The standard InChI is InChI=1S/C22H32N4O4/c1-16(2)23-22(28)18-8-9-19(20(15-18)26(29)30)24-10-12-25(13-11-24)21(27)14-17-6-4-3-5-7-17/h8-9,15-17H,3-7,10-14H2,1-2H3,(H,23,28). The molecule has 1 saturated heterocycles. The van der Waals surface area contributed by atoms with E-state index in [0.717, 1.165) is 12.8 Å². The Morgan fingerprint density at radius 3 is 2.40 bits per heavy atom. The summed E-state index contributed by atoms with van der Waals surface area (Å²) in [5.74, 6) is 0.393. The summed E-state index contributed by atoms with van der Waals surface area (Å²) in [5, 5.41) is 14.4. The molecule has 2 fully saturated rings. The Hall–Kier alpha value is -2.64. The Bertz CT molecular complexity index is 781. The summed E-state index contributed by atoms with van der Waals surface area (Å²) < 4.78 is 0. The maximum atomic E-state index is 12.6. The highest BCUT2D eigenvalue weighted by atomic mass is 16.6. The minimum Gasteiger partial charge on any atom is -0.362 e. The van der Waals surface area contributed by atoms with Gasteiger partial charge in [-0.05, 0) is 44.7 Å². The van der Waals surface area contributed by atoms with Crippen LogP contribution in [0.4, 0.5) is 11.4 Å². The van der Waals surface area contributed by atoms with Crippen LogP contribution in [0.15, 0.2) is 18.2 Å².